The maximum atomic E-state index is 12.2. The number of fused-ring (bicyclic) bond motifs is 1. The van der Waals surface area contributed by atoms with Gasteiger partial charge in [-0.05, 0) is 23.8 Å². The van der Waals surface area contributed by atoms with E-state index in [0.29, 0.717) is 24.5 Å². The lowest BCUT2D eigenvalue weighted by Gasteiger charge is -2.31. The molecule has 1 amide bonds. The summed E-state index contributed by atoms with van der Waals surface area (Å²) in [7, 11) is 0. The van der Waals surface area contributed by atoms with Crippen LogP contribution in [0, 0.1) is 0 Å². The minimum absolute atomic E-state index is 0.0535. The smallest absolute Gasteiger partial charge is 0.222 e. The molecule has 0 unspecified atom stereocenters. The highest BCUT2D eigenvalue weighted by Crippen LogP contribution is 2.33. The van der Waals surface area contributed by atoms with Crippen molar-refractivity contribution in [3.05, 3.63) is 65.4 Å². The maximum Gasteiger partial charge on any atom is 0.222 e. The van der Waals surface area contributed by atoms with Crippen molar-refractivity contribution in [3.8, 4) is 0 Å². The fourth-order valence-electron chi connectivity index (χ4n) is 3.30. The van der Waals surface area contributed by atoms with Gasteiger partial charge in [0.2, 0.25) is 5.91 Å². The molecule has 0 spiro atoms. The molecule has 4 rings (SSSR count). The Morgan fingerprint density at radius 2 is 1.96 bits per heavy atom. The number of carbonyl (C=O) groups is 1. The third-order valence-corrected chi connectivity index (χ3v) is 4.70. The third kappa shape index (κ3) is 3.15. The summed E-state index contributed by atoms with van der Waals surface area (Å²) in [4.78, 5) is 23.2. The van der Waals surface area contributed by atoms with Crippen LogP contribution in [0.4, 0.5) is 5.82 Å². The summed E-state index contributed by atoms with van der Waals surface area (Å²) in [5, 5.41) is 4.53. The lowest BCUT2D eigenvalue weighted by Crippen LogP contribution is -2.31. The Morgan fingerprint density at radius 3 is 2.80 bits per heavy atom. The molecule has 6 heteroatoms. The van der Waals surface area contributed by atoms with Gasteiger partial charge in [-0.15, -0.1) is 0 Å². The van der Waals surface area contributed by atoms with Crippen molar-refractivity contribution in [3.63, 3.8) is 0 Å². The molecule has 1 N–H and O–H groups in total. The predicted octanol–water partition coefficient (Wildman–Crippen LogP) is 3.35. The molecule has 1 aromatic heterocycles. The van der Waals surface area contributed by atoms with Gasteiger partial charge in [-0.3, -0.25) is 4.79 Å². The second kappa shape index (κ2) is 6.69. The molecular formula is C19H17ClN4O. The minimum atomic E-state index is -0.0718. The zero-order valence-electron chi connectivity index (χ0n) is 13.5. The Bertz CT molecular complexity index is 916. The highest BCUT2D eigenvalue weighted by Gasteiger charge is 2.28. The number of carbonyl (C=O) groups excluding carboxylic acids is 1. The van der Waals surface area contributed by atoms with Gasteiger partial charge in [0, 0.05) is 23.5 Å². The minimum Gasteiger partial charge on any atom is -0.354 e. The number of benzene rings is 2. The van der Waals surface area contributed by atoms with Crippen LogP contribution in [-0.4, -0.2) is 29.0 Å². The zero-order chi connectivity index (χ0) is 17.2. The van der Waals surface area contributed by atoms with E-state index in [1.807, 2.05) is 36.4 Å². The van der Waals surface area contributed by atoms with Gasteiger partial charge in [0.15, 0.2) is 0 Å². The van der Waals surface area contributed by atoms with Crippen LogP contribution in [0.25, 0.3) is 10.9 Å². The van der Waals surface area contributed by atoms with Gasteiger partial charge in [0.25, 0.3) is 0 Å². The van der Waals surface area contributed by atoms with Gasteiger partial charge >= 0.3 is 0 Å². The summed E-state index contributed by atoms with van der Waals surface area (Å²) >= 11 is 6.10. The monoisotopic (exact) mass is 352 g/mol. The Labute approximate surface area is 150 Å². The Kier molecular flexibility index (Phi) is 4.24. The van der Waals surface area contributed by atoms with Crippen molar-refractivity contribution < 1.29 is 4.79 Å². The molecule has 5 nitrogen and oxygen atoms in total. The molecule has 1 saturated heterocycles. The molecule has 2 heterocycles. The van der Waals surface area contributed by atoms with Gasteiger partial charge < -0.3 is 10.2 Å². The van der Waals surface area contributed by atoms with E-state index in [1.54, 1.807) is 6.33 Å². The molecule has 0 radical (unpaired) electrons. The molecule has 1 aliphatic rings. The molecule has 1 aliphatic heterocycles. The Morgan fingerprint density at radius 1 is 1.12 bits per heavy atom. The molecule has 0 aliphatic carbocycles. The highest BCUT2D eigenvalue weighted by molar-refractivity contribution is 6.31. The molecule has 3 aromatic rings. The highest BCUT2D eigenvalue weighted by atomic mass is 35.5. The summed E-state index contributed by atoms with van der Waals surface area (Å²) in [5.41, 5.74) is 1.90. The third-order valence-electron chi connectivity index (χ3n) is 4.46. The molecule has 1 atom stereocenters. The van der Waals surface area contributed by atoms with Crippen LogP contribution in [0.3, 0.4) is 0 Å². The second-order valence-electron chi connectivity index (χ2n) is 6.03. The normalized spacial score (nSPS) is 18.0. The van der Waals surface area contributed by atoms with Crippen LogP contribution in [0.15, 0.2) is 54.9 Å². The van der Waals surface area contributed by atoms with Gasteiger partial charge in [0.05, 0.1) is 18.0 Å². The van der Waals surface area contributed by atoms with Crippen LogP contribution in [-0.2, 0) is 4.79 Å². The number of aromatic nitrogens is 2. The van der Waals surface area contributed by atoms with Crippen molar-refractivity contribution in [2.45, 2.75) is 12.5 Å². The van der Waals surface area contributed by atoms with Crippen LogP contribution in [0.1, 0.15) is 18.0 Å². The SMILES string of the molecule is O=C1C[C@H](c2ccccc2)N(c2ncnc3cc(Cl)ccc23)CCN1. The molecule has 25 heavy (non-hydrogen) atoms. The molecule has 1 fully saturated rings. The number of amides is 1. The molecule has 2 aromatic carbocycles. The van der Waals surface area contributed by atoms with E-state index in [0.717, 1.165) is 22.3 Å². The fourth-order valence-corrected chi connectivity index (χ4v) is 3.47. The van der Waals surface area contributed by atoms with Crippen molar-refractivity contribution in [1.29, 1.82) is 0 Å². The number of hydrogen-bond donors (Lipinski definition) is 1. The van der Waals surface area contributed by atoms with Crippen molar-refractivity contribution in [2.75, 3.05) is 18.0 Å². The quantitative estimate of drug-likeness (QED) is 0.768. The molecular weight excluding hydrogens is 336 g/mol. The van der Waals surface area contributed by atoms with E-state index in [4.69, 9.17) is 11.6 Å². The number of hydrogen-bond acceptors (Lipinski definition) is 4. The van der Waals surface area contributed by atoms with Gasteiger partial charge in [-0.2, -0.15) is 0 Å². The first-order chi connectivity index (χ1) is 12.2. The zero-order valence-corrected chi connectivity index (χ0v) is 14.3. The lowest BCUT2D eigenvalue weighted by molar-refractivity contribution is -0.121. The van der Waals surface area contributed by atoms with E-state index >= 15 is 0 Å². The largest absolute Gasteiger partial charge is 0.354 e. The van der Waals surface area contributed by atoms with Crippen molar-refractivity contribution in [2.24, 2.45) is 0 Å². The standard InChI is InChI=1S/C19H17ClN4O/c20-14-6-7-15-16(10-14)22-12-23-19(15)24-9-8-21-18(25)11-17(24)13-4-2-1-3-5-13/h1-7,10,12,17H,8-9,11H2,(H,21,25)/t17-/m1/s1. The Balaban J connectivity index is 1.85. The molecule has 0 saturated carbocycles. The summed E-state index contributed by atoms with van der Waals surface area (Å²) < 4.78 is 0. The average Bonchev–Trinajstić information content (AvgIpc) is 2.83. The van der Waals surface area contributed by atoms with E-state index in [1.165, 1.54) is 0 Å². The summed E-state index contributed by atoms with van der Waals surface area (Å²) in [6.07, 6.45) is 1.94. The van der Waals surface area contributed by atoms with Crippen molar-refractivity contribution >= 4 is 34.2 Å². The van der Waals surface area contributed by atoms with Crippen molar-refractivity contribution in [1.82, 2.24) is 15.3 Å². The van der Waals surface area contributed by atoms with E-state index in [-0.39, 0.29) is 11.9 Å². The number of nitrogens with zero attached hydrogens (tertiary/aromatic N) is 3. The van der Waals surface area contributed by atoms with E-state index in [9.17, 15) is 4.79 Å². The van der Waals surface area contributed by atoms with Gasteiger partial charge in [-0.25, -0.2) is 9.97 Å². The first kappa shape index (κ1) is 15.8. The summed E-state index contributed by atoms with van der Waals surface area (Å²) in [5.74, 6) is 0.879. The summed E-state index contributed by atoms with van der Waals surface area (Å²) in [6.45, 7) is 1.27. The van der Waals surface area contributed by atoms with Crippen LogP contribution in [0.2, 0.25) is 5.02 Å². The number of halogens is 1. The topological polar surface area (TPSA) is 58.1 Å². The average molecular weight is 353 g/mol. The van der Waals surface area contributed by atoms with E-state index < -0.39 is 0 Å². The van der Waals surface area contributed by atoms with Crippen LogP contribution >= 0.6 is 11.6 Å². The molecule has 0 bridgehead atoms. The Hall–Kier alpha value is -2.66. The first-order valence-electron chi connectivity index (χ1n) is 8.21. The number of nitrogens with one attached hydrogen (secondary N) is 1. The first-order valence-corrected chi connectivity index (χ1v) is 8.59. The maximum absolute atomic E-state index is 12.2. The second-order valence-corrected chi connectivity index (χ2v) is 6.47. The van der Waals surface area contributed by atoms with Gasteiger partial charge in [-0.1, -0.05) is 41.9 Å². The van der Waals surface area contributed by atoms with Gasteiger partial charge in [0.1, 0.15) is 12.1 Å². The van der Waals surface area contributed by atoms with Crippen LogP contribution < -0.4 is 10.2 Å². The lowest BCUT2D eigenvalue weighted by atomic mass is 10.0. The fraction of sp³-hybridized carbons (Fsp3) is 0.211. The number of anilines is 1. The molecule has 126 valence electrons. The predicted molar refractivity (Wildman–Crippen MR) is 98.7 cm³/mol. The number of rotatable bonds is 2. The van der Waals surface area contributed by atoms with Crippen LogP contribution in [0.5, 0.6) is 0 Å². The summed E-state index contributed by atoms with van der Waals surface area (Å²) in [6, 6.07) is 15.6. The van der Waals surface area contributed by atoms with E-state index in [2.05, 4.69) is 32.3 Å².